The molecule has 0 atom stereocenters. The molecule has 20 heavy (non-hydrogen) atoms. The topological polar surface area (TPSA) is 108 Å². The number of nitro benzene ring substituents is 1. The zero-order chi connectivity index (χ0) is 14.5. The molecule has 0 aliphatic carbocycles. The summed E-state index contributed by atoms with van der Waals surface area (Å²) in [4.78, 5) is 21.4. The fourth-order valence-corrected chi connectivity index (χ4v) is 1.51. The normalized spacial score (nSPS) is 10.2. The second-order valence-electron chi connectivity index (χ2n) is 3.82. The molecule has 0 fully saturated rings. The zero-order valence-electron chi connectivity index (χ0n) is 10.6. The molecule has 1 heterocycles. The molecule has 2 rings (SSSR count). The van der Waals surface area contributed by atoms with E-state index in [2.05, 4.69) is 10.2 Å². The number of aromatic nitrogens is 2. The van der Waals surface area contributed by atoms with Gasteiger partial charge in [0.2, 0.25) is 5.89 Å². The van der Waals surface area contributed by atoms with Gasteiger partial charge in [-0.1, -0.05) is 12.1 Å². The van der Waals surface area contributed by atoms with E-state index in [0.717, 1.165) is 5.56 Å². The van der Waals surface area contributed by atoms with E-state index < -0.39 is 10.9 Å². The van der Waals surface area contributed by atoms with Crippen molar-refractivity contribution in [2.45, 2.75) is 13.3 Å². The molecule has 1 aromatic carbocycles. The zero-order valence-corrected chi connectivity index (χ0v) is 10.6. The number of esters is 1. The lowest BCUT2D eigenvalue weighted by Gasteiger charge is -1.97. The Hall–Kier alpha value is -2.77. The van der Waals surface area contributed by atoms with Crippen molar-refractivity contribution in [1.82, 2.24) is 10.2 Å². The van der Waals surface area contributed by atoms with Crippen LogP contribution in [0.2, 0.25) is 0 Å². The Balaban J connectivity index is 2.06. The Labute approximate surface area is 113 Å². The minimum absolute atomic E-state index is 0.00601. The third kappa shape index (κ3) is 3.16. The highest BCUT2D eigenvalue weighted by atomic mass is 16.6. The predicted molar refractivity (Wildman–Crippen MR) is 66.2 cm³/mol. The first-order valence-electron chi connectivity index (χ1n) is 5.83. The molecule has 0 unspecified atom stereocenters. The number of carbonyl (C=O) groups is 1. The van der Waals surface area contributed by atoms with Gasteiger partial charge in [-0.3, -0.25) is 10.1 Å². The van der Waals surface area contributed by atoms with Gasteiger partial charge in [-0.15, -0.1) is 10.2 Å². The highest BCUT2D eigenvalue weighted by molar-refractivity contribution is 5.83. The first-order valence-corrected chi connectivity index (χ1v) is 5.83. The van der Waals surface area contributed by atoms with E-state index in [1.165, 1.54) is 12.1 Å². The maximum atomic E-state index is 11.3. The fraction of sp³-hybridized carbons (Fsp3) is 0.250. The highest BCUT2D eigenvalue weighted by Gasteiger charge is 2.16. The van der Waals surface area contributed by atoms with Crippen LogP contribution in [-0.4, -0.2) is 27.7 Å². The molecular weight excluding hydrogens is 266 g/mol. The Bertz CT molecular complexity index is 620. The molecule has 104 valence electrons. The summed E-state index contributed by atoms with van der Waals surface area (Å²) in [7, 11) is 0. The van der Waals surface area contributed by atoms with Crippen molar-refractivity contribution in [3.63, 3.8) is 0 Å². The summed E-state index contributed by atoms with van der Waals surface area (Å²) in [6, 6.07) is 5.95. The SMILES string of the molecule is CCOC(=O)c1nnc(Cc2ccc([N+](=O)[O-])cc2)o1. The largest absolute Gasteiger partial charge is 0.459 e. The minimum atomic E-state index is -0.671. The van der Waals surface area contributed by atoms with Gasteiger partial charge >= 0.3 is 11.9 Å². The third-order valence-electron chi connectivity index (χ3n) is 2.42. The first kappa shape index (κ1) is 13.7. The lowest BCUT2D eigenvalue weighted by molar-refractivity contribution is -0.384. The number of nitrogens with zero attached hydrogens (tertiary/aromatic N) is 3. The monoisotopic (exact) mass is 277 g/mol. The van der Waals surface area contributed by atoms with Gasteiger partial charge in [-0.25, -0.2) is 4.79 Å². The van der Waals surface area contributed by atoms with Gasteiger partial charge < -0.3 is 9.15 Å². The molecule has 0 aliphatic rings. The number of ether oxygens (including phenoxy) is 1. The summed E-state index contributed by atoms with van der Waals surface area (Å²) < 4.78 is 9.87. The van der Waals surface area contributed by atoms with Crippen LogP contribution >= 0.6 is 0 Å². The molecule has 8 heteroatoms. The number of carbonyl (C=O) groups excluding carboxylic acids is 1. The van der Waals surface area contributed by atoms with Crippen molar-refractivity contribution >= 4 is 11.7 Å². The van der Waals surface area contributed by atoms with Crippen molar-refractivity contribution in [3.05, 3.63) is 51.7 Å². The highest BCUT2D eigenvalue weighted by Crippen LogP contribution is 2.14. The molecule has 1 aromatic heterocycles. The molecule has 0 saturated heterocycles. The molecule has 8 nitrogen and oxygen atoms in total. The maximum absolute atomic E-state index is 11.3. The smallest absolute Gasteiger partial charge is 0.396 e. The van der Waals surface area contributed by atoms with Crippen LogP contribution in [0.4, 0.5) is 5.69 Å². The van der Waals surface area contributed by atoms with Gasteiger partial charge in [0.1, 0.15) is 0 Å². The van der Waals surface area contributed by atoms with Crippen LogP contribution in [0.5, 0.6) is 0 Å². The van der Waals surface area contributed by atoms with Crippen LogP contribution in [0.3, 0.4) is 0 Å². The Morgan fingerprint density at radius 3 is 2.65 bits per heavy atom. The summed E-state index contributed by atoms with van der Waals surface area (Å²) in [6.07, 6.45) is 0.282. The van der Waals surface area contributed by atoms with Crippen LogP contribution in [-0.2, 0) is 11.2 Å². The number of nitro groups is 1. The second kappa shape index (κ2) is 5.91. The van der Waals surface area contributed by atoms with Crippen LogP contribution < -0.4 is 0 Å². The Morgan fingerprint density at radius 2 is 2.05 bits per heavy atom. The lowest BCUT2D eigenvalue weighted by atomic mass is 10.1. The molecule has 0 spiro atoms. The average Bonchev–Trinajstić information content (AvgIpc) is 2.88. The van der Waals surface area contributed by atoms with Crippen LogP contribution in [0.1, 0.15) is 29.1 Å². The number of hydrogen-bond donors (Lipinski definition) is 0. The van der Waals surface area contributed by atoms with Gasteiger partial charge in [-0.2, -0.15) is 0 Å². The van der Waals surface area contributed by atoms with Crippen LogP contribution in [0, 0.1) is 10.1 Å². The first-order chi connectivity index (χ1) is 9.60. The Morgan fingerprint density at radius 1 is 1.35 bits per heavy atom. The van der Waals surface area contributed by atoms with Crippen molar-refractivity contribution in [1.29, 1.82) is 0 Å². The van der Waals surface area contributed by atoms with Gasteiger partial charge in [0.15, 0.2) is 0 Å². The summed E-state index contributed by atoms with van der Waals surface area (Å²) in [5.74, 6) is -0.638. The molecule has 0 aliphatic heterocycles. The molecule has 0 bridgehead atoms. The molecule has 0 amide bonds. The van der Waals surface area contributed by atoms with E-state index in [4.69, 9.17) is 9.15 Å². The maximum Gasteiger partial charge on any atom is 0.396 e. The van der Waals surface area contributed by atoms with Crippen molar-refractivity contribution in [3.8, 4) is 0 Å². The van der Waals surface area contributed by atoms with E-state index in [-0.39, 0.29) is 30.5 Å². The predicted octanol–water partition coefficient (Wildman–Crippen LogP) is 1.75. The third-order valence-corrected chi connectivity index (χ3v) is 2.42. The van der Waals surface area contributed by atoms with Gasteiger partial charge in [-0.05, 0) is 12.5 Å². The molecule has 0 saturated carbocycles. The summed E-state index contributed by atoms with van der Waals surface area (Å²) >= 11 is 0. The van der Waals surface area contributed by atoms with Gasteiger partial charge in [0, 0.05) is 12.1 Å². The van der Waals surface area contributed by atoms with Crippen molar-refractivity contribution < 1.29 is 18.9 Å². The van der Waals surface area contributed by atoms with Gasteiger partial charge in [0.25, 0.3) is 5.69 Å². The van der Waals surface area contributed by atoms with E-state index in [0.29, 0.717) is 0 Å². The quantitative estimate of drug-likeness (QED) is 0.465. The average molecular weight is 277 g/mol. The Kier molecular flexibility index (Phi) is 4.04. The van der Waals surface area contributed by atoms with E-state index in [1.54, 1.807) is 19.1 Å². The summed E-state index contributed by atoms with van der Waals surface area (Å²) in [5, 5.41) is 17.8. The fourth-order valence-electron chi connectivity index (χ4n) is 1.51. The van der Waals surface area contributed by atoms with Gasteiger partial charge in [0.05, 0.1) is 18.0 Å². The standard InChI is InChI=1S/C12H11N3O5/c1-2-19-12(16)11-14-13-10(20-11)7-8-3-5-9(6-4-8)15(17)18/h3-6H,2,7H2,1H3. The number of rotatable bonds is 5. The van der Waals surface area contributed by atoms with Crippen LogP contribution in [0.15, 0.2) is 28.7 Å². The molecular formula is C12H11N3O5. The van der Waals surface area contributed by atoms with Crippen molar-refractivity contribution in [2.24, 2.45) is 0 Å². The number of hydrogen-bond acceptors (Lipinski definition) is 7. The number of non-ortho nitro benzene ring substituents is 1. The molecule has 0 radical (unpaired) electrons. The lowest BCUT2D eigenvalue weighted by Crippen LogP contribution is -2.04. The summed E-state index contributed by atoms with van der Waals surface area (Å²) in [5.41, 5.74) is 0.765. The van der Waals surface area contributed by atoms with Crippen molar-refractivity contribution in [2.75, 3.05) is 6.61 Å². The minimum Gasteiger partial charge on any atom is -0.459 e. The van der Waals surface area contributed by atoms with E-state index in [9.17, 15) is 14.9 Å². The van der Waals surface area contributed by atoms with Crippen LogP contribution in [0.25, 0.3) is 0 Å². The van der Waals surface area contributed by atoms with E-state index in [1.807, 2.05) is 0 Å². The summed E-state index contributed by atoms with van der Waals surface area (Å²) in [6.45, 7) is 1.89. The molecule has 2 aromatic rings. The second-order valence-corrected chi connectivity index (χ2v) is 3.82. The van der Waals surface area contributed by atoms with E-state index >= 15 is 0 Å². The molecule has 0 N–H and O–H groups in total. The number of benzene rings is 1.